The van der Waals surface area contributed by atoms with E-state index in [1.165, 1.54) is 24.3 Å². The van der Waals surface area contributed by atoms with E-state index in [0.29, 0.717) is 15.0 Å². The molecule has 1 aromatic heterocycles. The Morgan fingerprint density at radius 1 is 1.14 bits per heavy atom. The molecule has 3 rings (SSSR count). The van der Waals surface area contributed by atoms with Crippen LogP contribution in [0.3, 0.4) is 0 Å². The van der Waals surface area contributed by atoms with Crippen LogP contribution in [0.15, 0.2) is 55.8 Å². The maximum atomic E-state index is 13.6. The fraction of sp³-hybridized carbons (Fsp3) is 0.0556. The molecule has 0 fully saturated rings. The van der Waals surface area contributed by atoms with Gasteiger partial charge in [0.1, 0.15) is 18.2 Å². The summed E-state index contributed by atoms with van der Waals surface area (Å²) in [5.41, 5.74) is 0.121. The number of hydrogen-bond donors (Lipinski definition) is 1. The number of ether oxygens (including phenoxy) is 1. The first-order chi connectivity index (χ1) is 13.7. The molecule has 0 atom stereocenters. The van der Waals surface area contributed by atoms with E-state index in [1.807, 2.05) is 0 Å². The topological polar surface area (TPSA) is 94.6 Å². The van der Waals surface area contributed by atoms with E-state index in [1.54, 1.807) is 0 Å². The molecular weight excluding hydrogens is 522 g/mol. The molecule has 2 aromatic carbocycles. The molecule has 0 aliphatic carbocycles. The molecular formula is C18H10Br2F2N2O5. The zero-order valence-corrected chi connectivity index (χ0v) is 17.4. The molecule has 7 nitrogen and oxygen atoms in total. The molecule has 0 saturated carbocycles. The van der Waals surface area contributed by atoms with Crippen molar-refractivity contribution in [3.05, 3.63) is 84.7 Å². The Labute approximate surface area is 179 Å². The Morgan fingerprint density at radius 2 is 1.83 bits per heavy atom. The van der Waals surface area contributed by atoms with Gasteiger partial charge in [0.25, 0.3) is 11.6 Å². The molecule has 1 amide bonds. The first-order valence-electron chi connectivity index (χ1n) is 7.86. The Hall–Kier alpha value is -2.79. The highest BCUT2D eigenvalue weighted by Crippen LogP contribution is 2.35. The van der Waals surface area contributed by atoms with Gasteiger partial charge in [0.2, 0.25) is 0 Å². The van der Waals surface area contributed by atoms with Crippen LogP contribution in [0.4, 0.5) is 20.2 Å². The minimum atomic E-state index is -0.859. The van der Waals surface area contributed by atoms with Gasteiger partial charge in [-0.3, -0.25) is 14.9 Å². The highest BCUT2D eigenvalue weighted by molar-refractivity contribution is 9.11. The third kappa shape index (κ3) is 4.98. The summed E-state index contributed by atoms with van der Waals surface area (Å²) in [7, 11) is 0. The number of carbonyl (C=O) groups excluding carboxylic acids is 1. The molecule has 0 aliphatic rings. The number of carbonyl (C=O) groups is 1. The fourth-order valence-corrected chi connectivity index (χ4v) is 3.64. The lowest BCUT2D eigenvalue weighted by molar-refractivity contribution is -0.385. The molecule has 29 heavy (non-hydrogen) atoms. The molecule has 0 unspecified atom stereocenters. The summed E-state index contributed by atoms with van der Waals surface area (Å²) >= 11 is 6.35. The summed E-state index contributed by atoms with van der Waals surface area (Å²) in [6, 6.07) is 8.25. The summed E-state index contributed by atoms with van der Waals surface area (Å²) in [4.78, 5) is 22.7. The number of nitro groups is 1. The lowest BCUT2D eigenvalue weighted by atomic mass is 10.2. The first-order valence-corrected chi connectivity index (χ1v) is 9.44. The van der Waals surface area contributed by atoms with Gasteiger partial charge in [0.15, 0.2) is 17.3 Å². The number of hydrogen-bond acceptors (Lipinski definition) is 5. The SMILES string of the molecule is O=C(Nc1c(Br)cc([N+](=O)[O-])cc1Br)c1ccc(COc2ccc(F)cc2F)o1. The number of anilines is 1. The lowest BCUT2D eigenvalue weighted by Gasteiger charge is -2.08. The number of nitrogens with one attached hydrogen (secondary N) is 1. The maximum Gasteiger partial charge on any atom is 0.291 e. The number of rotatable bonds is 6. The number of nitro benzene ring substituents is 1. The highest BCUT2D eigenvalue weighted by Gasteiger charge is 2.18. The predicted molar refractivity (Wildman–Crippen MR) is 106 cm³/mol. The summed E-state index contributed by atoms with van der Waals surface area (Å²) in [5, 5.41) is 13.4. The molecule has 1 heterocycles. The van der Waals surface area contributed by atoms with Gasteiger partial charge in [0, 0.05) is 27.1 Å². The second-order valence-electron chi connectivity index (χ2n) is 5.63. The van der Waals surface area contributed by atoms with E-state index >= 15 is 0 Å². The van der Waals surface area contributed by atoms with Gasteiger partial charge in [0.05, 0.1) is 10.6 Å². The molecule has 0 bridgehead atoms. The third-order valence-electron chi connectivity index (χ3n) is 3.63. The van der Waals surface area contributed by atoms with Gasteiger partial charge >= 0.3 is 0 Å². The molecule has 1 N–H and O–H groups in total. The van der Waals surface area contributed by atoms with Crippen molar-refractivity contribution < 1.29 is 27.7 Å². The second-order valence-corrected chi connectivity index (χ2v) is 7.33. The van der Waals surface area contributed by atoms with Crippen LogP contribution in [0.1, 0.15) is 16.3 Å². The maximum absolute atomic E-state index is 13.6. The molecule has 0 spiro atoms. The molecule has 150 valence electrons. The zero-order chi connectivity index (χ0) is 21.1. The minimum Gasteiger partial charge on any atom is -0.483 e. The van der Waals surface area contributed by atoms with Crippen LogP contribution in [0.2, 0.25) is 0 Å². The number of halogens is 4. The van der Waals surface area contributed by atoms with Crippen molar-refractivity contribution in [1.82, 2.24) is 0 Å². The van der Waals surface area contributed by atoms with Gasteiger partial charge < -0.3 is 14.5 Å². The van der Waals surface area contributed by atoms with Crippen LogP contribution < -0.4 is 10.1 Å². The van der Waals surface area contributed by atoms with Gasteiger partial charge in [-0.15, -0.1) is 0 Å². The number of non-ortho nitro benzene ring substituents is 1. The Balaban J connectivity index is 1.69. The van der Waals surface area contributed by atoms with E-state index in [0.717, 1.165) is 12.1 Å². The fourth-order valence-electron chi connectivity index (χ4n) is 2.28. The summed E-state index contributed by atoms with van der Waals surface area (Å²) in [5.74, 6) is -2.18. The van der Waals surface area contributed by atoms with Crippen molar-refractivity contribution in [2.45, 2.75) is 6.61 Å². The van der Waals surface area contributed by atoms with E-state index in [2.05, 4.69) is 37.2 Å². The van der Waals surface area contributed by atoms with Crippen LogP contribution in [0.5, 0.6) is 5.75 Å². The minimum absolute atomic E-state index is 0.0552. The van der Waals surface area contributed by atoms with Gasteiger partial charge in [-0.05, 0) is 56.1 Å². The van der Waals surface area contributed by atoms with Crippen LogP contribution in [-0.4, -0.2) is 10.8 Å². The zero-order valence-electron chi connectivity index (χ0n) is 14.2. The first kappa shape index (κ1) is 20.9. The summed E-state index contributed by atoms with van der Waals surface area (Å²) < 4.78 is 37.7. The Bertz CT molecular complexity index is 1080. The van der Waals surface area contributed by atoms with Crippen molar-refractivity contribution in [1.29, 1.82) is 0 Å². The number of furan rings is 1. The Kier molecular flexibility index (Phi) is 6.28. The molecule has 3 aromatic rings. The standard InChI is InChI=1S/C18H10Br2F2N2O5/c19-12-6-10(24(26)27)7-13(20)17(12)23-18(25)16-4-2-11(29-16)8-28-15-3-1-9(21)5-14(15)22/h1-7H,8H2,(H,23,25). The number of nitrogens with zero attached hydrogens (tertiary/aromatic N) is 1. The van der Waals surface area contributed by atoms with E-state index in [-0.39, 0.29) is 35.3 Å². The quantitative estimate of drug-likeness (QED) is 0.319. The smallest absolute Gasteiger partial charge is 0.291 e. The average molecular weight is 532 g/mol. The van der Waals surface area contributed by atoms with Crippen molar-refractivity contribution in [2.75, 3.05) is 5.32 Å². The average Bonchev–Trinajstić information content (AvgIpc) is 3.12. The summed E-state index contributed by atoms with van der Waals surface area (Å²) in [6.07, 6.45) is 0. The van der Waals surface area contributed by atoms with Crippen molar-refractivity contribution in [3.8, 4) is 5.75 Å². The normalized spacial score (nSPS) is 10.6. The lowest BCUT2D eigenvalue weighted by Crippen LogP contribution is -2.12. The van der Waals surface area contributed by atoms with E-state index < -0.39 is 22.5 Å². The monoisotopic (exact) mass is 530 g/mol. The molecule has 0 radical (unpaired) electrons. The molecule has 0 aliphatic heterocycles. The number of amides is 1. The van der Waals surface area contributed by atoms with Crippen LogP contribution in [0, 0.1) is 21.7 Å². The summed E-state index contributed by atoms with van der Waals surface area (Å²) in [6.45, 7) is -0.180. The van der Waals surface area contributed by atoms with Crippen molar-refractivity contribution >= 4 is 49.1 Å². The van der Waals surface area contributed by atoms with Gasteiger partial charge in [-0.1, -0.05) is 0 Å². The largest absolute Gasteiger partial charge is 0.483 e. The van der Waals surface area contributed by atoms with E-state index in [4.69, 9.17) is 9.15 Å². The number of benzene rings is 2. The second kappa shape index (κ2) is 8.70. The van der Waals surface area contributed by atoms with Crippen molar-refractivity contribution in [2.24, 2.45) is 0 Å². The van der Waals surface area contributed by atoms with E-state index in [9.17, 15) is 23.7 Å². The van der Waals surface area contributed by atoms with Gasteiger partial charge in [-0.2, -0.15) is 0 Å². The molecule has 11 heteroatoms. The highest BCUT2D eigenvalue weighted by atomic mass is 79.9. The van der Waals surface area contributed by atoms with Crippen LogP contribution in [-0.2, 0) is 6.61 Å². The van der Waals surface area contributed by atoms with Crippen LogP contribution >= 0.6 is 31.9 Å². The van der Waals surface area contributed by atoms with Gasteiger partial charge in [-0.25, -0.2) is 8.78 Å². The predicted octanol–water partition coefficient (Wildman–Crippen LogP) is 5.82. The third-order valence-corrected chi connectivity index (χ3v) is 4.88. The Morgan fingerprint density at radius 3 is 2.45 bits per heavy atom. The molecule has 0 saturated heterocycles. The van der Waals surface area contributed by atoms with Crippen molar-refractivity contribution in [3.63, 3.8) is 0 Å². The van der Waals surface area contributed by atoms with Crippen LogP contribution in [0.25, 0.3) is 0 Å².